The third-order valence-corrected chi connectivity index (χ3v) is 3.19. The summed E-state index contributed by atoms with van der Waals surface area (Å²) in [5, 5.41) is 3.48. The number of nitrogens with one attached hydrogen (secondary N) is 1. The summed E-state index contributed by atoms with van der Waals surface area (Å²) in [6.45, 7) is 7.94. The molecule has 0 aliphatic heterocycles. The van der Waals surface area contributed by atoms with Gasteiger partial charge in [0.1, 0.15) is 0 Å². The van der Waals surface area contributed by atoms with E-state index in [-0.39, 0.29) is 0 Å². The molecule has 1 nitrogen and oxygen atoms in total. The van der Waals surface area contributed by atoms with Gasteiger partial charge in [-0.3, -0.25) is 0 Å². The van der Waals surface area contributed by atoms with E-state index < -0.39 is 0 Å². The second-order valence-electron chi connectivity index (χ2n) is 5.38. The SMILES string of the molecule is CC(CCCc1ccccc1)CCNC(C)C. The molecule has 17 heavy (non-hydrogen) atoms. The molecule has 1 N–H and O–H groups in total. The van der Waals surface area contributed by atoms with Crippen molar-refractivity contribution in [3.8, 4) is 0 Å². The van der Waals surface area contributed by atoms with E-state index in [0.29, 0.717) is 6.04 Å². The first-order valence-electron chi connectivity index (χ1n) is 6.96. The van der Waals surface area contributed by atoms with Gasteiger partial charge in [-0.25, -0.2) is 0 Å². The largest absolute Gasteiger partial charge is 0.315 e. The van der Waals surface area contributed by atoms with Crippen molar-refractivity contribution in [1.82, 2.24) is 5.32 Å². The Morgan fingerprint density at radius 2 is 1.71 bits per heavy atom. The van der Waals surface area contributed by atoms with Gasteiger partial charge < -0.3 is 5.32 Å². The maximum atomic E-state index is 3.48. The van der Waals surface area contributed by atoms with Crippen molar-refractivity contribution in [2.45, 2.75) is 52.5 Å². The molecule has 0 heterocycles. The molecular weight excluding hydrogens is 206 g/mol. The predicted octanol–water partition coefficient (Wildman–Crippen LogP) is 4.03. The van der Waals surface area contributed by atoms with E-state index in [1.54, 1.807) is 0 Å². The summed E-state index contributed by atoms with van der Waals surface area (Å²) in [6, 6.07) is 11.4. The van der Waals surface area contributed by atoms with Gasteiger partial charge in [-0.1, -0.05) is 57.5 Å². The Bertz CT molecular complexity index is 279. The third kappa shape index (κ3) is 7.17. The van der Waals surface area contributed by atoms with Crippen LogP contribution in [-0.4, -0.2) is 12.6 Å². The Balaban J connectivity index is 2.06. The molecule has 1 rings (SSSR count). The van der Waals surface area contributed by atoms with E-state index in [1.807, 2.05) is 0 Å². The molecule has 0 saturated carbocycles. The molecule has 1 atom stereocenters. The molecule has 0 aliphatic carbocycles. The average molecular weight is 233 g/mol. The summed E-state index contributed by atoms with van der Waals surface area (Å²) in [6.07, 6.45) is 5.18. The summed E-state index contributed by atoms with van der Waals surface area (Å²) in [5.74, 6) is 0.838. The summed E-state index contributed by atoms with van der Waals surface area (Å²) in [7, 11) is 0. The van der Waals surface area contributed by atoms with Gasteiger partial charge in [-0.2, -0.15) is 0 Å². The Morgan fingerprint density at radius 3 is 2.35 bits per heavy atom. The quantitative estimate of drug-likeness (QED) is 0.714. The van der Waals surface area contributed by atoms with Gasteiger partial charge in [0.05, 0.1) is 0 Å². The number of benzene rings is 1. The Kier molecular flexibility index (Phi) is 6.95. The summed E-state index contributed by atoms with van der Waals surface area (Å²) in [4.78, 5) is 0. The fourth-order valence-corrected chi connectivity index (χ4v) is 2.06. The minimum Gasteiger partial charge on any atom is -0.315 e. The molecule has 0 saturated heterocycles. The minimum absolute atomic E-state index is 0.617. The van der Waals surface area contributed by atoms with Crippen LogP contribution >= 0.6 is 0 Å². The van der Waals surface area contributed by atoms with Crippen LogP contribution in [0.2, 0.25) is 0 Å². The highest BCUT2D eigenvalue weighted by Gasteiger charge is 2.02. The second kappa shape index (κ2) is 8.30. The molecule has 1 aromatic rings. The van der Waals surface area contributed by atoms with Crippen LogP contribution in [0.4, 0.5) is 0 Å². The lowest BCUT2D eigenvalue weighted by molar-refractivity contribution is 0.443. The van der Waals surface area contributed by atoms with Crippen LogP contribution in [-0.2, 0) is 6.42 Å². The first-order chi connectivity index (χ1) is 8.18. The number of rotatable bonds is 8. The fourth-order valence-electron chi connectivity index (χ4n) is 2.06. The van der Waals surface area contributed by atoms with Crippen molar-refractivity contribution < 1.29 is 0 Å². The molecule has 96 valence electrons. The maximum absolute atomic E-state index is 3.48. The zero-order valence-electron chi connectivity index (χ0n) is 11.6. The highest BCUT2D eigenvalue weighted by Crippen LogP contribution is 2.12. The van der Waals surface area contributed by atoms with Gasteiger partial charge in [-0.05, 0) is 37.3 Å². The first kappa shape index (κ1) is 14.2. The normalized spacial score (nSPS) is 12.9. The number of hydrogen-bond donors (Lipinski definition) is 1. The summed E-state index contributed by atoms with van der Waals surface area (Å²) >= 11 is 0. The monoisotopic (exact) mass is 233 g/mol. The van der Waals surface area contributed by atoms with Crippen molar-refractivity contribution in [3.05, 3.63) is 35.9 Å². The smallest absolute Gasteiger partial charge is 0.00103 e. The van der Waals surface area contributed by atoms with Crippen LogP contribution in [0.15, 0.2) is 30.3 Å². The van der Waals surface area contributed by atoms with Crippen LogP contribution < -0.4 is 5.32 Å². The van der Waals surface area contributed by atoms with Crippen molar-refractivity contribution in [2.24, 2.45) is 5.92 Å². The number of aryl methyl sites for hydroxylation is 1. The van der Waals surface area contributed by atoms with E-state index in [1.165, 1.54) is 31.2 Å². The Labute approximate surface area is 107 Å². The van der Waals surface area contributed by atoms with E-state index in [2.05, 4.69) is 56.4 Å². The topological polar surface area (TPSA) is 12.0 Å². The van der Waals surface area contributed by atoms with Gasteiger partial charge in [0.2, 0.25) is 0 Å². The summed E-state index contributed by atoms with van der Waals surface area (Å²) < 4.78 is 0. The molecule has 0 aliphatic rings. The molecular formula is C16H27N. The molecule has 0 spiro atoms. The van der Waals surface area contributed by atoms with Gasteiger partial charge in [0.15, 0.2) is 0 Å². The van der Waals surface area contributed by atoms with Crippen LogP contribution in [0.3, 0.4) is 0 Å². The van der Waals surface area contributed by atoms with E-state index in [0.717, 1.165) is 12.5 Å². The first-order valence-corrected chi connectivity index (χ1v) is 6.96. The molecule has 1 heteroatoms. The standard InChI is InChI=1S/C16H27N/c1-14(2)17-13-12-15(3)8-7-11-16-9-5-4-6-10-16/h4-6,9-10,14-15,17H,7-8,11-13H2,1-3H3. The van der Waals surface area contributed by atoms with Crippen LogP contribution in [0.25, 0.3) is 0 Å². The zero-order valence-corrected chi connectivity index (χ0v) is 11.6. The Morgan fingerprint density at radius 1 is 1.00 bits per heavy atom. The number of hydrogen-bond acceptors (Lipinski definition) is 1. The molecule has 0 amide bonds. The van der Waals surface area contributed by atoms with E-state index in [9.17, 15) is 0 Å². The predicted molar refractivity (Wildman–Crippen MR) is 76.3 cm³/mol. The Hall–Kier alpha value is -0.820. The van der Waals surface area contributed by atoms with E-state index >= 15 is 0 Å². The highest BCUT2D eigenvalue weighted by molar-refractivity contribution is 5.14. The van der Waals surface area contributed by atoms with Gasteiger partial charge in [0, 0.05) is 6.04 Å². The second-order valence-corrected chi connectivity index (χ2v) is 5.38. The van der Waals surface area contributed by atoms with Crippen molar-refractivity contribution in [3.63, 3.8) is 0 Å². The molecule has 0 aromatic heterocycles. The molecule has 1 aromatic carbocycles. The lowest BCUT2D eigenvalue weighted by atomic mass is 9.98. The van der Waals surface area contributed by atoms with Crippen molar-refractivity contribution in [2.75, 3.05) is 6.54 Å². The maximum Gasteiger partial charge on any atom is 0.00103 e. The fraction of sp³-hybridized carbons (Fsp3) is 0.625. The zero-order chi connectivity index (χ0) is 12.5. The van der Waals surface area contributed by atoms with Crippen molar-refractivity contribution in [1.29, 1.82) is 0 Å². The molecule has 0 radical (unpaired) electrons. The molecule has 0 bridgehead atoms. The van der Waals surface area contributed by atoms with Gasteiger partial charge >= 0.3 is 0 Å². The van der Waals surface area contributed by atoms with Crippen molar-refractivity contribution >= 4 is 0 Å². The molecule has 1 unspecified atom stereocenters. The van der Waals surface area contributed by atoms with Gasteiger partial charge in [0.25, 0.3) is 0 Å². The third-order valence-electron chi connectivity index (χ3n) is 3.19. The highest BCUT2D eigenvalue weighted by atomic mass is 14.9. The molecule has 0 fully saturated rings. The minimum atomic E-state index is 0.617. The average Bonchev–Trinajstić information content (AvgIpc) is 2.30. The van der Waals surface area contributed by atoms with Crippen LogP contribution in [0, 0.1) is 5.92 Å². The lowest BCUT2D eigenvalue weighted by Crippen LogP contribution is -2.24. The van der Waals surface area contributed by atoms with Crippen LogP contribution in [0.1, 0.15) is 45.6 Å². The van der Waals surface area contributed by atoms with Crippen LogP contribution in [0.5, 0.6) is 0 Å². The summed E-state index contributed by atoms with van der Waals surface area (Å²) in [5.41, 5.74) is 1.47. The van der Waals surface area contributed by atoms with E-state index in [4.69, 9.17) is 0 Å². The van der Waals surface area contributed by atoms with Gasteiger partial charge in [-0.15, -0.1) is 0 Å². The lowest BCUT2D eigenvalue weighted by Gasteiger charge is -2.13.